The van der Waals surface area contributed by atoms with Gasteiger partial charge < -0.3 is 10.1 Å². The molecule has 0 saturated carbocycles. The van der Waals surface area contributed by atoms with Crippen molar-refractivity contribution in [1.82, 2.24) is 5.32 Å². The number of carbonyl (C=O) groups is 1. The SMILES string of the molecule is O=C(CCOC1CCNCC1)c1ccsc1. The second kappa shape index (κ2) is 6.13. The van der Waals surface area contributed by atoms with Crippen LogP contribution in [0.25, 0.3) is 0 Å². The van der Waals surface area contributed by atoms with Crippen LogP contribution >= 0.6 is 11.3 Å². The molecule has 1 aromatic rings. The first-order valence-corrected chi connectivity index (χ1v) is 6.68. The molecular weight excluding hydrogens is 222 g/mol. The van der Waals surface area contributed by atoms with Gasteiger partial charge in [-0.1, -0.05) is 0 Å². The van der Waals surface area contributed by atoms with Gasteiger partial charge in [0.2, 0.25) is 0 Å². The molecule has 1 fully saturated rings. The Kier molecular flexibility index (Phi) is 4.51. The van der Waals surface area contributed by atoms with Gasteiger partial charge in [-0.2, -0.15) is 11.3 Å². The van der Waals surface area contributed by atoms with E-state index in [1.165, 1.54) is 0 Å². The first-order valence-electron chi connectivity index (χ1n) is 5.74. The van der Waals surface area contributed by atoms with Gasteiger partial charge in [0.05, 0.1) is 12.7 Å². The molecule has 0 amide bonds. The van der Waals surface area contributed by atoms with E-state index in [0.29, 0.717) is 19.1 Å². The molecule has 0 radical (unpaired) electrons. The second-order valence-electron chi connectivity index (χ2n) is 4.01. The van der Waals surface area contributed by atoms with Crippen molar-refractivity contribution in [2.75, 3.05) is 19.7 Å². The zero-order valence-corrected chi connectivity index (χ0v) is 10.1. The van der Waals surface area contributed by atoms with Crippen molar-refractivity contribution in [3.05, 3.63) is 22.4 Å². The van der Waals surface area contributed by atoms with Crippen molar-refractivity contribution in [1.29, 1.82) is 0 Å². The zero-order chi connectivity index (χ0) is 11.2. The second-order valence-corrected chi connectivity index (χ2v) is 4.79. The summed E-state index contributed by atoms with van der Waals surface area (Å²) in [5.74, 6) is 0.190. The fraction of sp³-hybridized carbons (Fsp3) is 0.583. The largest absolute Gasteiger partial charge is 0.378 e. The maximum Gasteiger partial charge on any atom is 0.166 e. The van der Waals surface area contributed by atoms with E-state index in [-0.39, 0.29) is 5.78 Å². The highest BCUT2D eigenvalue weighted by Gasteiger charge is 2.14. The minimum absolute atomic E-state index is 0.190. The van der Waals surface area contributed by atoms with Crippen molar-refractivity contribution in [3.63, 3.8) is 0 Å². The fourth-order valence-electron chi connectivity index (χ4n) is 1.85. The molecule has 1 aromatic heterocycles. The number of carbonyl (C=O) groups excluding carboxylic acids is 1. The Morgan fingerprint density at radius 1 is 1.50 bits per heavy atom. The summed E-state index contributed by atoms with van der Waals surface area (Å²) in [5, 5.41) is 7.12. The van der Waals surface area contributed by atoms with Gasteiger partial charge in [-0.3, -0.25) is 4.79 Å². The van der Waals surface area contributed by atoms with Gasteiger partial charge in [-0.25, -0.2) is 0 Å². The number of piperidine rings is 1. The molecule has 0 unspecified atom stereocenters. The average Bonchev–Trinajstić information content (AvgIpc) is 2.84. The molecule has 0 aromatic carbocycles. The molecule has 16 heavy (non-hydrogen) atoms. The summed E-state index contributed by atoms with van der Waals surface area (Å²) < 4.78 is 5.69. The summed E-state index contributed by atoms with van der Waals surface area (Å²) >= 11 is 1.56. The lowest BCUT2D eigenvalue weighted by Gasteiger charge is -2.22. The molecule has 1 N–H and O–H groups in total. The molecule has 1 aliphatic rings. The molecule has 1 aliphatic heterocycles. The predicted molar refractivity (Wildman–Crippen MR) is 65.1 cm³/mol. The molecule has 0 bridgehead atoms. The van der Waals surface area contributed by atoms with E-state index in [1.54, 1.807) is 11.3 Å². The van der Waals surface area contributed by atoms with Crippen LogP contribution in [0.1, 0.15) is 29.6 Å². The predicted octanol–water partition coefficient (Wildman–Crippen LogP) is 2.09. The zero-order valence-electron chi connectivity index (χ0n) is 9.28. The molecule has 0 spiro atoms. The number of nitrogens with one attached hydrogen (secondary N) is 1. The van der Waals surface area contributed by atoms with Crippen LogP contribution < -0.4 is 5.32 Å². The third kappa shape index (κ3) is 3.40. The summed E-state index contributed by atoms with van der Waals surface area (Å²) in [6, 6.07) is 1.87. The van der Waals surface area contributed by atoms with E-state index in [4.69, 9.17) is 4.74 Å². The van der Waals surface area contributed by atoms with Crippen molar-refractivity contribution in [2.24, 2.45) is 0 Å². The number of thiophene rings is 1. The van der Waals surface area contributed by atoms with E-state index in [1.807, 2.05) is 16.8 Å². The Labute approximate surface area is 99.8 Å². The van der Waals surface area contributed by atoms with Gasteiger partial charge in [-0.15, -0.1) is 0 Å². The molecule has 2 rings (SSSR count). The van der Waals surface area contributed by atoms with Gasteiger partial charge >= 0.3 is 0 Å². The van der Waals surface area contributed by atoms with E-state index >= 15 is 0 Å². The maximum atomic E-state index is 11.7. The summed E-state index contributed by atoms with van der Waals surface area (Å²) in [7, 11) is 0. The van der Waals surface area contributed by atoms with Crippen LogP contribution in [0.15, 0.2) is 16.8 Å². The fourth-order valence-corrected chi connectivity index (χ4v) is 2.51. The van der Waals surface area contributed by atoms with Gasteiger partial charge in [0.25, 0.3) is 0 Å². The highest BCUT2D eigenvalue weighted by Crippen LogP contribution is 2.11. The van der Waals surface area contributed by atoms with Gasteiger partial charge in [0, 0.05) is 17.4 Å². The quantitative estimate of drug-likeness (QED) is 0.800. The van der Waals surface area contributed by atoms with Gasteiger partial charge in [-0.05, 0) is 37.4 Å². The van der Waals surface area contributed by atoms with E-state index in [0.717, 1.165) is 31.5 Å². The van der Waals surface area contributed by atoms with E-state index in [9.17, 15) is 4.79 Å². The highest BCUT2D eigenvalue weighted by atomic mass is 32.1. The van der Waals surface area contributed by atoms with E-state index in [2.05, 4.69) is 5.32 Å². The minimum atomic E-state index is 0.190. The molecule has 4 heteroatoms. The third-order valence-electron chi connectivity index (χ3n) is 2.81. The van der Waals surface area contributed by atoms with Crippen molar-refractivity contribution < 1.29 is 9.53 Å². The number of hydrogen-bond acceptors (Lipinski definition) is 4. The lowest BCUT2D eigenvalue weighted by molar-refractivity contribution is 0.0314. The van der Waals surface area contributed by atoms with E-state index < -0.39 is 0 Å². The molecular formula is C12H17NO2S. The molecule has 2 heterocycles. The number of ketones is 1. The first kappa shape index (κ1) is 11.8. The lowest BCUT2D eigenvalue weighted by atomic mass is 10.1. The van der Waals surface area contributed by atoms with Crippen LogP contribution in [0, 0.1) is 0 Å². The molecule has 0 atom stereocenters. The topological polar surface area (TPSA) is 38.3 Å². The molecule has 0 aliphatic carbocycles. The molecule has 3 nitrogen and oxygen atoms in total. The Hall–Kier alpha value is -0.710. The van der Waals surface area contributed by atoms with Crippen LogP contribution in [0.4, 0.5) is 0 Å². The number of rotatable bonds is 5. The van der Waals surface area contributed by atoms with Crippen molar-refractivity contribution in [3.8, 4) is 0 Å². The highest BCUT2D eigenvalue weighted by molar-refractivity contribution is 7.08. The molecule has 88 valence electrons. The van der Waals surface area contributed by atoms with Crippen LogP contribution in [0.3, 0.4) is 0 Å². The maximum absolute atomic E-state index is 11.7. The Bertz CT molecular complexity index is 318. The smallest absolute Gasteiger partial charge is 0.166 e. The average molecular weight is 239 g/mol. The number of Topliss-reactive ketones (excluding diaryl/α,β-unsaturated/α-hetero) is 1. The summed E-state index contributed by atoms with van der Waals surface area (Å²) in [5.41, 5.74) is 0.818. The monoisotopic (exact) mass is 239 g/mol. The first-order chi connectivity index (χ1) is 7.86. The standard InChI is InChI=1S/C12H17NO2S/c14-12(10-4-8-16-9-10)3-7-15-11-1-5-13-6-2-11/h4,8-9,11,13H,1-3,5-7H2. The Morgan fingerprint density at radius 3 is 3.00 bits per heavy atom. The molecule has 1 saturated heterocycles. The Balaban J connectivity index is 1.66. The normalized spacial score (nSPS) is 17.5. The summed E-state index contributed by atoms with van der Waals surface area (Å²) in [6.45, 7) is 2.62. The number of ether oxygens (including phenoxy) is 1. The Morgan fingerprint density at radius 2 is 2.31 bits per heavy atom. The van der Waals surface area contributed by atoms with Crippen LogP contribution in [0.5, 0.6) is 0 Å². The summed E-state index contributed by atoms with van der Waals surface area (Å²) in [6.07, 6.45) is 2.97. The number of hydrogen-bond donors (Lipinski definition) is 1. The minimum Gasteiger partial charge on any atom is -0.378 e. The van der Waals surface area contributed by atoms with Gasteiger partial charge in [0.15, 0.2) is 5.78 Å². The van der Waals surface area contributed by atoms with Crippen LogP contribution in [-0.2, 0) is 4.74 Å². The van der Waals surface area contributed by atoms with Crippen LogP contribution in [-0.4, -0.2) is 31.6 Å². The lowest BCUT2D eigenvalue weighted by Crippen LogP contribution is -2.32. The van der Waals surface area contributed by atoms with Crippen LogP contribution in [0.2, 0.25) is 0 Å². The third-order valence-corrected chi connectivity index (χ3v) is 3.50. The summed E-state index contributed by atoms with van der Waals surface area (Å²) in [4.78, 5) is 11.7. The van der Waals surface area contributed by atoms with Gasteiger partial charge in [0.1, 0.15) is 0 Å². The van der Waals surface area contributed by atoms with Crippen molar-refractivity contribution >= 4 is 17.1 Å². The van der Waals surface area contributed by atoms with Crippen molar-refractivity contribution in [2.45, 2.75) is 25.4 Å².